The van der Waals surface area contributed by atoms with E-state index in [9.17, 15) is 8.42 Å². The zero-order chi connectivity index (χ0) is 18.2. The average Bonchev–Trinajstić information content (AvgIpc) is 3.09. The Bertz CT molecular complexity index is 851. The molecule has 0 amide bonds. The molecule has 3 heterocycles. The van der Waals surface area contributed by atoms with Crippen molar-refractivity contribution in [2.75, 3.05) is 6.54 Å². The summed E-state index contributed by atoms with van der Waals surface area (Å²) < 4.78 is 32.4. The Labute approximate surface area is 149 Å². The molecule has 138 valence electrons. The Kier molecular flexibility index (Phi) is 5.02. The summed E-state index contributed by atoms with van der Waals surface area (Å²) >= 11 is 0. The van der Waals surface area contributed by atoms with Crippen molar-refractivity contribution in [2.24, 2.45) is 11.8 Å². The van der Waals surface area contributed by atoms with E-state index >= 15 is 0 Å². The van der Waals surface area contributed by atoms with Gasteiger partial charge in [-0.1, -0.05) is 13.8 Å². The van der Waals surface area contributed by atoms with Gasteiger partial charge in [-0.3, -0.25) is 4.68 Å². The molecule has 1 N–H and O–H groups in total. The van der Waals surface area contributed by atoms with Crippen molar-refractivity contribution in [3.8, 4) is 0 Å². The van der Waals surface area contributed by atoms with Crippen molar-refractivity contribution >= 4 is 10.0 Å². The molecule has 25 heavy (non-hydrogen) atoms. The van der Waals surface area contributed by atoms with Gasteiger partial charge in [-0.25, -0.2) is 18.1 Å². The van der Waals surface area contributed by atoms with Crippen LogP contribution in [0.15, 0.2) is 17.3 Å². The molecule has 0 saturated carbocycles. The zero-order valence-corrected chi connectivity index (χ0v) is 16.2. The van der Waals surface area contributed by atoms with Crippen molar-refractivity contribution in [2.45, 2.75) is 58.5 Å². The lowest BCUT2D eigenvalue weighted by Gasteiger charge is -2.23. The molecule has 3 rings (SSSR count). The molecule has 0 radical (unpaired) electrons. The number of sulfonamides is 1. The van der Waals surface area contributed by atoms with Gasteiger partial charge in [0.1, 0.15) is 10.7 Å². The predicted molar refractivity (Wildman–Crippen MR) is 95.8 cm³/mol. The van der Waals surface area contributed by atoms with Crippen LogP contribution in [0.25, 0.3) is 0 Å². The Balaban J connectivity index is 1.71. The normalized spacial score (nSPS) is 17.9. The first kappa shape index (κ1) is 18.1. The van der Waals surface area contributed by atoms with E-state index in [-0.39, 0.29) is 5.92 Å². The fraction of sp³-hybridized carbons (Fsp3) is 0.647. The van der Waals surface area contributed by atoms with Crippen molar-refractivity contribution in [3.05, 3.63) is 29.6 Å². The van der Waals surface area contributed by atoms with Gasteiger partial charge < -0.3 is 4.57 Å². The summed E-state index contributed by atoms with van der Waals surface area (Å²) in [6.45, 7) is 9.82. The molecule has 7 nitrogen and oxygen atoms in total. The van der Waals surface area contributed by atoms with Gasteiger partial charge in [0.25, 0.3) is 0 Å². The molecule has 0 unspecified atom stereocenters. The molecule has 1 aliphatic rings. The molecule has 1 aliphatic heterocycles. The second kappa shape index (κ2) is 6.92. The fourth-order valence-corrected chi connectivity index (χ4v) is 5.01. The molecule has 0 spiro atoms. The smallest absolute Gasteiger partial charge is 0.244 e. The third-order valence-electron chi connectivity index (χ3n) is 4.74. The first-order valence-corrected chi connectivity index (χ1v) is 10.3. The Morgan fingerprint density at radius 2 is 2.12 bits per heavy atom. The van der Waals surface area contributed by atoms with E-state index < -0.39 is 10.0 Å². The number of imidazole rings is 1. The van der Waals surface area contributed by atoms with Gasteiger partial charge in [-0.15, -0.1) is 0 Å². The highest BCUT2D eigenvalue weighted by Crippen LogP contribution is 2.22. The number of nitrogens with zero attached hydrogens (tertiary/aromatic N) is 4. The number of rotatable bonds is 6. The number of hydrogen-bond acceptors (Lipinski definition) is 4. The Morgan fingerprint density at radius 3 is 2.84 bits per heavy atom. The quantitative estimate of drug-likeness (QED) is 0.847. The van der Waals surface area contributed by atoms with E-state index in [1.165, 1.54) is 0 Å². The van der Waals surface area contributed by atoms with E-state index in [1.807, 2.05) is 13.1 Å². The van der Waals surface area contributed by atoms with Gasteiger partial charge in [-0.05, 0) is 32.1 Å². The van der Waals surface area contributed by atoms with Gasteiger partial charge in [0.2, 0.25) is 10.0 Å². The summed E-state index contributed by atoms with van der Waals surface area (Å²) in [5, 5.41) is 4.42. The molecule has 0 aliphatic carbocycles. The molecule has 1 atom stereocenters. The minimum Gasteiger partial charge on any atom is -0.335 e. The Morgan fingerprint density at radius 1 is 1.36 bits per heavy atom. The fourth-order valence-electron chi connectivity index (χ4n) is 3.48. The van der Waals surface area contributed by atoms with Crippen LogP contribution < -0.4 is 4.72 Å². The summed E-state index contributed by atoms with van der Waals surface area (Å²) in [7, 11) is -3.56. The topological polar surface area (TPSA) is 81.8 Å². The molecule has 2 aromatic heterocycles. The Hall–Kier alpha value is -1.67. The van der Waals surface area contributed by atoms with Crippen LogP contribution in [0.3, 0.4) is 0 Å². The third-order valence-corrected chi connectivity index (χ3v) is 6.41. The first-order valence-electron chi connectivity index (χ1n) is 8.81. The maximum atomic E-state index is 12.8. The van der Waals surface area contributed by atoms with Gasteiger partial charge in [0.05, 0.1) is 11.4 Å². The molecular weight excluding hydrogens is 338 g/mol. The molecule has 8 heteroatoms. The summed E-state index contributed by atoms with van der Waals surface area (Å²) in [6, 6.07) is 0. The molecule has 0 aromatic carbocycles. The summed E-state index contributed by atoms with van der Waals surface area (Å²) in [4.78, 5) is 4.67. The molecule has 2 aromatic rings. The minimum atomic E-state index is -3.56. The van der Waals surface area contributed by atoms with Crippen LogP contribution in [-0.2, 0) is 29.5 Å². The number of aromatic nitrogens is 4. The van der Waals surface area contributed by atoms with Crippen LogP contribution in [0.1, 0.15) is 37.5 Å². The van der Waals surface area contributed by atoms with Crippen LogP contribution >= 0.6 is 0 Å². The number of fused-ring (bicyclic) bond motifs is 1. The highest BCUT2D eigenvalue weighted by atomic mass is 32.2. The average molecular weight is 366 g/mol. The van der Waals surface area contributed by atoms with Crippen molar-refractivity contribution in [1.82, 2.24) is 24.1 Å². The molecule has 0 saturated heterocycles. The minimum absolute atomic E-state index is 0.274. The van der Waals surface area contributed by atoms with Crippen LogP contribution in [-0.4, -0.2) is 34.3 Å². The third kappa shape index (κ3) is 3.79. The lowest BCUT2D eigenvalue weighted by atomic mass is 9.98. The second-order valence-corrected chi connectivity index (χ2v) is 9.03. The highest BCUT2D eigenvalue weighted by Gasteiger charge is 2.27. The van der Waals surface area contributed by atoms with E-state index in [1.54, 1.807) is 17.8 Å². The standard InChI is InChI=1S/C17H27N5O2S/c1-12(2)11-22-14(4)17(13(3)20-22)25(23,24)19-10-15-5-7-21-8-6-18-16(21)9-15/h6,8,12,15,19H,5,7,9-11H2,1-4H3/t15-/m1/s1. The van der Waals surface area contributed by atoms with Crippen LogP contribution in [0.4, 0.5) is 0 Å². The second-order valence-electron chi connectivity index (χ2n) is 7.32. The molecule has 0 fully saturated rings. The van der Waals surface area contributed by atoms with Gasteiger partial charge in [0, 0.05) is 38.4 Å². The number of hydrogen-bond donors (Lipinski definition) is 1. The lowest BCUT2D eigenvalue weighted by molar-refractivity contribution is 0.379. The van der Waals surface area contributed by atoms with Crippen molar-refractivity contribution < 1.29 is 8.42 Å². The maximum Gasteiger partial charge on any atom is 0.244 e. The highest BCUT2D eigenvalue weighted by molar-refractivity contribution is 7.89. The van der Waals surface area contributed by atoms with Gasteiger partial charge >= 0.3 is 0 Å². The summed E-state index contributed by atoms with van der Waals surface area (Å²) in [5.74, 6) is 1.72. The lowest BCUT2D eigenvalue weighted by Crippen LogP contribution is -2.33. The van der Waals surface area contributed by atoms with Gasteiger partial charge in [0.15, 0.2) is 0 Å². The predicted octanol–water partition coefficient (Wildman–Crippen LogP) is 1.89. The maximum absolute atomic E-state index is 12.8. The number of aryl methyl sites for hydroxylation is 2. The number of nitrogens with one attached hydrogen (secondary N) is 1. The summed E-state index contributed by atoms with van der Waals surface area (Å²) in [6.07, 6.45) is 5.54. The zero-order valence-electron chi connectivity index (χ0n) is 15.4. The monoisotopic (exact) mass is 365 g/mol. The largest absolute Gasteiger partial charge is 0.335 e. The van der Waals surface area contributed by atoms with Crippen LogP contribution in [0.5, 0.6) is 0 Å². The van der Waals surface area contributed by atoms with E-state index in [2.05, 4.69) is 33.2 Å². The van der Waals surface area contributed by atoms with Crippen molar-refractivity contribution in [3.63, 3.8) is 0 Å². The van der Waals surface area contributed by atoms with Crippen LogP contribution in [0, 0.1) is 25.7 Å². The van der Waals surface area contributed by atoms with Crippen LogP contribution in [0.2, 0.25) is 0 Å². The van der Waals surface area contributed by atoms with E-state index in [0.29, 0.717) is 35.3 Å². The SMILES string of the molecule is Cc1nn(CC(C)C)c(C)c1S(=O)(=O)NC[C@@H]1CCn2ccnc2C1. The van der Waals surface area contributed by atoms with E-state index in [4.69, 9.17) is 0 Å². The van der Waals surface area contributed by atoms with Crippen molar-refractivity contribution in [1.29, 1.82) is 0 Å². The first-order chi connectivity index (χ1) is 11.8. The molecular formula is C17H27N5O2S. The van der Waals surface area contributed by atoms with Gasteiger partial charge in [-0.2, -0.15) is 5.10 Å². The summed E-state index contributed by atoms with van der Waals surface area (Å²) in [5.41, 5.74) is 1.27. The molecule has 0 bridgehead atoms. The van der Waals surface area contributed by atoms with E-state index in [0.717, 1.165) is 25.2 Å².